The first-order valence-corrected chi connectivity index (χ1v) is 9.07. The van der Waals surface area contributed by atoms with E-state index in [0.29, 0.717) is 31.0 Å². The molecule has 138 valence electrons. The molecule has 2 aromatic rings. The number of nitrogens with zero attached hydrogens (tertiary/aromatic N) is 1. The highest BCUT2D eigenvalue weighted by Crippen LogP contribution is 2.22. The van der Waals surface area contributed by atoms with Crippen LogP contribution in [-0.2, 0) is 13.0 Å². The van der Waals surface area contributed by atoms with Gasteiger partial charge in [0.05, 0.1) is 0 Å². The monoisotopic (exact) mass is 357 g/mol. The van der Waals surface area contributed by atoms with Crippen LogP contribution in [0, 0.1) is 5.82 Å². The molecule has 1 aliphatic rings. The number of benzene rings is 1. The van der Waals surface area contributed by atoms with Gasteiger partial charge in [-0.1, -0.05) is 24.3 Å². The van der Waals surface area contributed by atoms with Gasteiger partial charge >= 0.3 is 6.03 Å². The summed E-state index contributed by atoms with van der Waals surface area (Å²) in [6.07, 6.45) is 7.08. The minimum Gasteiger partial charge on any atom is -0.474 e. The second-order valence-corrected chi connectivity index (χ2v) is 6.48. The lowest BCUT2D eigenvalue weighted by molar-refractivity contribution is 0.201. The Morgan fingerprint density at radius 3 is 2.69 bits per heavy atom. The van der Waals surface area contributed by atoms with Crippen molar-refractivity contribution in [2.75, 3.05) is 6.54 Å². The molecule has 0 radical (unpaired) electrons. The highest BCUT2D eigenvalue weighted by Gasteiger charge is 2.16. The number of hydrogen-bond donors (Lipinski definition) is 2. The molecule has 6 heteroatoms. The maximum Gasteiger partial charge on any atom is 0.315 e. The topological polar surface area (TPSA) is 63.2 Å². The van der Waals surface area contributed by atoms with E-state index in [-0.39, 0.29) is 18.0 Å². The number of pyridine rings is 1. The van der Waals surface area contributed by atoms with Crippen LogP contribution in [0.1, 0.15) is 36.8 Å². The maximum absolute atomic E-state index is 13.5. The Bertz CT molecular complexity index is 715. The molecule has 5 nitrogen and oxygen atoms in total. The minimum absolute atomic E-state index is 0.249. The first-order chi connectivity index (χ1) is 12.7. The van der Waals surface area contributed by atoms with Gasteiger partial charge < -0.3 is 15.4 Å². The second kappa shape index (κ2) is 9.17. The molecule has 0 aliphatic heterocycles. The molecule has 0 bridgehead atoms. The first kappa shape index (κ1) is 18.2. The second-order valence-electron chi connectivity index (χ2n) is 6.48. The Morgan fingerprint density at radius 1 is 1.15 bits per heavy atom. The average molecular weight is 357 g/mol. The van der Waals surface area contributed by atoms with E-state index in [4.69, 9.17) is 4.74 Å². The number of amides is 2. The van der Waals surface area contributed by atoms with Gasteiger partial charge in [-0.05, 0) is 49.3 Å². The third-order valence-corrected chi connectivity index (χ3v) is 4.48. The quantitative estimate of drug-likeness (QED) is 0.796. The lowest BCUT2D eigenvalue weighted by Gasteiger charge is -2.12. The summed E-state index contributed by atoms with van der Waals surface area (Å²) in [5.41, 5.74) is 1.49. The number of carbonyl (C=O) groups excluding carboxylic acids is 1. The summed E-state index contributed by atoms with van der Waals surface area (Å²) >= 11 is 0. The van der Waals surface area contributed by atoms with Crippen molar-refractivity contribution >= 4 is 6.03 Å². The Morgan fingerprint density at radius 2 is 1.96 bits per heavy atom. The third-order valence-electron chi connectivity index (χ3n) is 4.48. The number of nitrogens with one attached hydrogen (secondary N) is 2. The molecule has 0 spiro atoms. The Kier molecular flexibility index (Phi) is 6.41. The smallest absolute Gasteiger partial charge is 0.315 e. The standard InChI is InChI=1S/C20H24FN3O2/c21-18-8-4-1-5-16(18)11-12-22-20(25)24-14-15-9-10-19(23-13-15)26-17-6-2-3-7-17/h1,4-5,8-10,13,17H,2-3,6-7,11-12,14H2,(H2,22,24,25). The lowest BCUT2D eigenvalue weighted by atomic mass is 10.1. The van der Waals surface area contributed by atoms with Gasteiger partial charge in [0.2, 0.25) is 5.88 Å². The van der Waals surface area contributed by atoms with Crippen LogP contribution in [0.15, 0.2) is 42.6 Å². The molecular formula is C20H24FN3O2. The van der Waals surface area contributed by atoms with E-state index in [1.807, 2.05) is 12.1 Å². The summed E-state index contributed by atoms with van der Waals surface area (Å²) in [5, 5.41) is 5.49. The van der Waals surface area contributed by atoms with Gasteiger partial charge in [-0.3, -0.25) is 0 Å². The Hall–Kier alpha value is -2.63. The van der Waals surface area contributed by atoms with Gasteiger partial charge in [0, 0.05) is 25.4 Å². The van der Waals surface area contributed by atoms with Crippen molar-refractivity contribution in [3.05, 3.63) is 59.5 Å². The number of hydrogen-bond acceptors (Lipinski definition) is 3. The zero-order chi connectivity index (χ0) is 18.2. The van der Waals surface area contributed by atoms with Crippen LogP contribution in [-0.4, -0.2) is 23.7 Å². The molecule has 0 unspecified atom stereocenters. The van der Waals surface area contributed by atoms with Crippen molar-refractivity contribution in [2.45, 2.75) is 44.8 Å². The molecule has 1 aliphatic carbocycles. The fourth-order valence-corrected chi connectivity index (χ4v) is 3.02. The zero-order valence-corrected chi connectivity index (χ0v) is 14.7. The fraction of sp³-hybridized carbons (Fsp3) is 0.400. The summed E-state index contributed by atoms with van der Waals surface area (Å²) < 4.78 is 19.3. The lowest BCUT2D eigenvalue weighted by Crippen LogP contribution is -2.36. The van der Waals surface area contributed by atoms with E-state index in [2.05, 4.69) is 15.6 Å². The summed E-state index contributed by atoms with van der Waals surface area (Å²) in [6, 6.07) is 10.0. The van der Waals surface area contributed by atoms with Crippen LogP contribution in [0.2, 0.25) is 0 Å². The maximum atomic E-state index is 13.5. The van der Waals surface area contributed by atoms with E-state index in [9.17, 15) is 9.18 Å². The van der Waals surface area contributed by atoms with Gasteiger partial charge in [-0.15, -0.1) is 0 Å². The number of ether oxygens (including phenoxy) is 1. The number of urea groups is 1. The van der Waals surface area contributed by atoms with E-state index in [1.54, 1.807) is 24.4 Å². The molecular weight excluding hydrogens is 333 g/mol. The van der Waals surface area contributed by atoms with Gasteiger partial charge in [0.1, 0.15) is 11.9 Å². The van der Waals surface area contributed by atoms with Gasteiger partial charge in [0.15, 0.2) is 0 Å². The molecule has 3 rings (SSSR count). The summed E-state index contributed by atoms with van der Waals surface area (Å²) in [5.74, 6) is 0.385. The summed E-state index contributed by atoms with van der Waals surface area (Å²) in [4.78, 5) is 16.1. The molecule has 1 saturated carbocycles. The minimum atomic E-state index is -0.285. The molecule has 1 heterocycles. The van der Waals surface area contributed by atoms with E-state index >= 15 is 0 Å². The van der Waals surface area contributed by atoms with Crippen LogP contribution < -0.4 is 15.4 Å². The fourth-order valence-electron chi connectivity index (χ4n) is 3.02. The number of halogens is 1. The van der Waals surface area contributed by atoms with E-state index < -0.39 is 0 Å². The summed E-state index contributed by atoms with van der Waals surface area (Å²) in [6.45, 7) is 0.751. The van der Waals surface area contributed by atoms with Gasteiger partial charge in [0.25, 0.3) is 0 Å². The Labute approximate surface area is 153 Å². The predicted octanol–water partition coefficient (Wildman–Crippen LogP) is 3.58. The highest BCUT2D eigenvalue weighted by atomic mass is 19.1. The zero-order valence-electron chi connectivity index (χ0n) is 14.7. The highest BCUT2D eigenvalue weighted by molar-refractivity contribution is 5.73. The third kappa shape index (κ3) is 5.44. The van der Waals surface area contributed by atoms with Gasteiger partial charge in [-0.2, -0.15) is 0 Å². The molecule has 1 aromatic carbocycles. The molecule has 1 aromatic heterocycles. The van der Waals surface area contributed by atoms with E-state index in [1.165, 1.54) is 18.9 Å². The van der Waals surface area contributed by atoms with Crippen molar-refractivity contribution in [1.29, 1.82) is 0 Å². The largest absolute Gasteiger partial charge is 0.474 e. The van der Waals surface area contributed by atoms with Crippen molar-refractivity contribution < 1.29 is 13.9 Å². The SMILES string of the molecule is O=C(NCCc1ccccc1F)NCc1ccc(OC2CCCC2)nc1. The number of aromatic nitrogens is 1. The van der Waals surface area contributed by atoms with Crippen molar-refractivity contribution in [3.63, 3.8) is 0 Å². The van der Waals surface area contributed by atoms with Crippen LogP contribution in [0.25, 0.3) is 0 Å². The Balaban J connectivity index is 1.36. The molecule has 0 atom stereocenters. The van der Waals surface area contributed by atoms with Crippen LogP contribution in [0.5, 0.6) is 5.88 Å². The molecule has 2 N–H and O–H groups in total. The molecule has 1 fully saturated rings. The summed E-state index contributed by atoms with van der Waals surface area (Å²) in [7, 11) is 0. The van der Waals surface area contributed by atoms with Crippen LogP contribution in [0.4, 0.5) is 9.18 Å². The predicted molar refractivity (Wildman–Crippen MR) is 97.5 cm³/mol. The average Bonchev–Trinajstić information content (AvgIpc) is 3.16. The molecule has 26 heavy (non-hydrogen) atoms. The van der Waals surface area contributed by atoms with Crippen LogP contribution >= 0.6 is 0 Å². The molecule has 0 saturated heterocycles. The number of rotatable bonds is 7. The number of carbonyl (C=O) groups is 1. The van der Waals surface area contributed by atoms with Crippen molar-refractivity contribution in [3.8, 4) is 5.88 Å². The normalized spacial score (nSPS) is 14.2. The first-order valence-electron chi connectivity index (χ1n) is 9.07. The van der Waals surface area contributed by atoms with Crippen molar-refractivity contribution in [1.82, 2.24) is 15.6 Å². The van der Waals surface area contributed by atoms with Gasteiger partial charge in [-0.25, -0.2) is 14.2 Å². The van der Waals surface area contributed by atoms with E-state index in [0.717, 1.165) is 18.4 Å². The van der Waals surface area contributed by atoms with Crippen LogP contribution in [0.3, 0.4) is 0 Å². The van der Waals surface area contributed by atoms with Crippen molar-refractivity contribution in [2.24, 2.45) is 0 Å². The molecule has 2 amide bonds.